The number of hydrogen-bond acceptors (Lipinski definition) is 6. The zero-order valence-corrected chi connectivity index (χ0v) is 20.9. The molecule has 8 heteroatoms. The molecule has 0 aliphatic carbocycles. The van der Waals surface area contributed by atoms with E-state index in [1.165, 1.54) is 30.6 Å². The first-order chi connectivity index (χ1) is 16.3. The minimum Gasteiger partial charge on any atom is -0.497 e. The number of aryl methyl sites for hydroxylation is 2. The lowest BCUT2D eigenvalue weighted by Gasteiger charge is -2.20. The van der Waals surface area contributed by atoms with E-state index in [1.54, 1.807) is 17.0 Å². The molecule has 0 N–H and O–H groups in total. The second kappa shape index (κ2) is 9.95. The minimum atomic E-state index is -3.63. The Hall–Kier alpha value is -3.23. The number of hydrogen-bond donors (Lipinski definition) is 0. The van der Waals surface area contributed by atoms with E-state index in [0.29, 0.717) is 17.4 Å². The van der Waals surface area contributed by atoms with Gasteiger partial charge in [0.25, 0.3) is 0 Å². The minimum absolute atomic E-state index is 0.144. The molecule has 0 saturated carbocycles. The molecule has 0 unspecified atom stereocenters. The van der Waals surface area contributed by atoms with Crippen LogP contribution in [0.25, 0.3) is 10.2 Å². The number of nitrogens with zero attached hydrogens (tertiary/aromatic N) is 2. The molecule has 4 aromatic rings. The van der Waals surface area contributed by atoms with Gasteiger partial charge in [0.2, 0.25) is 5.91 Å². The van der Waals surface area contributed by atoms with Gasteiger partial charge < -0.3 is 4.74 Å². The highest BCUT2D eigenvalue weighted by Crippen LogP contribution is 2.33. The molecule has 34 heavy (non-hydrogen) atoms. The summed E-state index contributed by atoms with van der Waals surface area (Å²) in [5, 5.41) is 0.569. The zero-order valence-electron chi connectivity index (χ0n) is 19.3. The van der Waals surface area contributed by atoms with Crippen LogP contribution in [0.1, 0.15) is 23.1 Å². The lowest BCUT2D eigenvalue weighted by molar-refractivity contribution is -0.118. The van der Waals surface area contributed by atoms with Gasteiger partial charge in [0, 0.05) is 6.42 Å². The summed E-state index contributed by atoms with van der Waals surface area (Å²) in [4.78, 5) is 19.9. The van der Waals surface area contributed by atoms with Crippen LogP contribution in [0.2, 0.25) is 0 Å². The fourth-order valence-corrected chi connectivity index (χ4v) is 5.89. The van der Waals surface area contributed by atoms with Gasteiger partial charge in [-0.25, -0.2) is 13.4 Å². The summed E-state index contributed by atoms with van der Waals surface area (Å²) in [7, 11) is -2.10. The molecule has 0 aliphatic rings. The Morgan fingerprint density at radius 3 is 2.38 bits per heavy atom. The van der Waals surface area contributed by atoms with Gasteiger partial charge in [-0.1, -0.05) is 47.7 Å². The van der Waals surface area contributed by atoms with Crippen molar-refractivity contribution in [2.45, 2.75) is 31.7 Å². The maximum absolute atomic E-state index is 13.4. The number of fused-ring (bicyclic) bond motifs is 1. The summed E-state index contributed by atoms with van der Waals surface area (Å²) < 4.78 is 31.8. The number of carbonyl (C=O) groups excluding carboxylic acids is 1. The monoisotopic (exact) mass is 494 g/mol. The molecule has 0 fully saturated rings. The first-order valence-corrected chi connectivity index (χ1v) is 13.3. The summed E-state index contributed by atoms with van der Waals surface area (Å²) in [6.07, 6.45) is -0.144. The Kier molecular flexibility index (Phi) is 7.00. The predicted octanol–water partition coefficient (Wildman–Crippen LogP) is 5.32. The topological polar surface area (TPSA) is 76.6 Å². The summed E-state index contributed by atoms with van der Waals surface area (Å²) >= 11 is 1.44. The molecule has 1 heterocycles. The Morgan fingerprint density at radius 2 is 1.71 bits per heavy atom. The number of carbonyl (C=O) groups is 1. The van der Waals surface area contributed by atoms with Gasteiger partial charge in [-0.05, 0) is 60.9 Å². The van der Waals surface area contributed by atoms with Gasteiger partial charge in [-0.15, -0.1) is 0 Å². The molecule has 0 bridgehead atoms. The van der Waals surface area contributed by atoms with Gasteiger partial charge in [0.15, 0.2) is 15.0 Å². The SMILES string of the molecule is COc1ccc(S(=O)(=O)CCC(=O)N(Cc2ccccc2)c2nc3c(C)c(C)ccc3s2)cc1. The average Bonchev–Trinajstić information content (AvgIpc) is 3.29. The van der Waals surface area contributed by atoms with Crippen LogP contribution in [0.5, 0.6) is 5.75 Å². The van der Waals surface area contributed by atoms with Crippen molar-refractivity contribution in [1.29, 1.82) is 0 Å². The molecule has 176 valence electrons. The third kappa shape index (κ3) is 5.13. The van der Waals surface area contributed by atoms with E-state index in [-0.39, 0.29) is 23.0 Å². The average molecular weight is 495 g/mol. The number of aromatic nitrogens is 1. The number of rotatable bonds is 8. The third-order valence-corrected chi connectivity index (χ3v) is 8.57. The van der Waals surface area contributed by atoms with Crippen molar-refractivity contribution in [3.63, 3.8) is 0 Å². The van der Waals surface area contributed by atoms with E-state index in [2.05, 4.69) is 0 Å². The van der Waals surface area contributed by atoms with Crippen molar-refractivity contribution >= 4 is 42.4 Å². The maximum Gasteiger partial charge on any atom is 0.230 e. The van der Waals surface area contributed by atoms with Crippen molar-refractivity contribution in [3.05, 3.63) is 83.4 Å². The molecule has 0 aliphatic heterocycles. The first kappa shape index (κ1) is 23.9. The molecule has 3 aromatic carbocycles. The molecule has 4 rings (SSSR count). The van der Waals surface area contributed by atoms with Crippen LogP contribution in [-0.2, 0) is 21.2 Å². The van der Waals surface area contributed by atoms with Gasteiger partial charge in [-0.3, -0.25) is 9.69 Å². The van der Waals surface area contributed by atoms with Crippen LogP contribution in [0.4, 0.5) is 5.13 Å². The van der Waals surface area contributed by atoms with Gasteiger partial charge in [0.1, 0.15) is 5.75 Å². The van der Waals surface area contributed by atoms with E-state index < -0.39 is 9.84 Å². The van der Waals surface area contributed by atoms with Crippen molar-refractivity contribution in [3.8, 4) is 5.75 Å². The lowest BCUT2D eigenvalue weighted by atomic mass is 10.1. The predicted molar refractivity (Wildman–Crippen MR) is 136 cm³/mol. The summed E-state index contributed by atoms with van der Waals surface area (Å²) in [5.41, 5.74) is 4.03. The molecule has 0 spiro atoms. The second-order valence-electron chi connectivity index (χ2n) is 8.06. The normalized spacial score (nSPS) is 11.5. The standard InChI is InChI=1S/C26H26N2O4S2/c1-18-9-14-23-25(19(18)2)27-26(33-23)28(17-20-7-5-4-6-8-20)24(29)15-16-34(30,31)22-12-10-21(32-3)11-13-22/h4-14H,15-17H2,1-3H3. The third-order valence-electron chi connectivity index (χ3n) is 5.79. The van der Waals surface area contributed by atoms with Crippen LogP contribution in [0.15, 0.2) is 71.6 Å². The highest BCUT2D eigenvalue weighted by atomic mass is 32.2. The number of anilines is 1. The van der Waals surface area contributed by atoms with Crippen LogP contribution < -0.4 is 9.64 Å². The number of sulfone groups is 1. The van der Waals surface area contributed by atoms with Crippen LogP contribution in [-0.4, -0.2) is 32.2 Å². The fraction of sp³-hybridized carbons (Fsp3) is 0.231. The summed E-state index contributed by atoms with van der Waals surface area (Å²) in [6.45, 7) is 4.37. The molecule has 6 nitrogen and oxygen atoms in total. The zero-order chi connectivity index (χ0) is 24.3. The Morgan fingerprint density at radius 1 is 1.00 bits per heavy atom. The van der Waals surface area contributed by atoms with Crippen molar-refractivity contribution in [2.75, 3.05) is 17.8 Å². The number of amides is 1. The van der Waals surface area contributed by atoms with Crippen molar-refractivity contribution < 1.29 is 17.9 Å². The largest absolute Gasteiger partial charge is 0.497 e. The van der Waals surface area contributed by atoms with E-state index >= 15 is 0 Å². The number of methoxy groups -OCH3 is 1. The fourth-order valence-electron chi connectivity index (χ4n) is 3.62. The van der Waals surface area contributed by atoms with Gasteiger partial charge >= 0.3 is 0 Å². The van der Waals surface area contributed by atoms with E-state index in [4.69, 9.17) is 9.72 Å². The molecule has 1 amide bonds. The highest BCUT2D eigenvalue weighted by Gasteiger charge is 2.24. The van der Waals surface area contributed by atoms with Gasteiger partial charge in [-0.2, -0.15) is 0 Å². The second-order valence-corrected chi connectivity index (χ2v) is 11.2. The molecule has 0 radical (unpaired) electrons. The van der Waals surface area contributed by atoms with Crippen LogP contribution in [0, 0.1) is 13.8 Å². The summed E-state index contributed by atoms with van der Waals surface area (Å²) in [6, 6.07) is 19.9. The van der Waals surface area contributed by atoms with Crippen molar-refractivity contribution in [2.24, 2.45) is 0 Å². The Balaban J connectivity index is 1.61. The highest BCUT2D eigenvalue weighted by molar-refractivity contribution is 7.91. The quantitative estimate of drug-likeness (QED) is 0.331. The molecular formula is C26H26N2O4S2. The molecular weight excluding hydrogens is 468 g/mol. The Bertz CT molecular complexity index is 1410. The maximum atomic E-state index is 13.4. The number of ether oxygens (including phenoxy) is 1. The van der Waals surface area contributed by atoms with E-state index in [9.17, 15) is 13.2 Å². The van der Waals surface area contributed by atoms with E-state index in [0.717, 1.165) is 26.9 Å². The smallest absolute Gasteiger partial charge is 0.230 e. The van der Waals surface area contributed by atoms with E-state index in [1.807, 2.05) is 56.3 Å². The first-order valence-electron chi connectivity index (χ1n) is 10.9. The Labute approximate surface area is 203 Å². The number of thiazole rings is 1. The molecule has 0 atom stereocenters. The number of benzene rings is 3. The molecule has 0 saturated heterocycles. The summed E-state index contributed by atoms with van der Waals surface area (Å²) in [5.74, 6) is 0.00625. The lowest BCUT2D eigenvalue weighted by Crippen LogP contribution is -2.31. The van der Waals surface area contributed by atoms with Crippen LogP contribution in [0.3, 0.4) is 0 Å². The van der Waals surface area contributed by atoms with Crippen LogP contribution >= 0.6 is 11.3 Å². The van der Waals surface area contributed by atoms with Gasteiger partial charge in [0.05, 0.1) is 34.5 Å². The van der Waals surface area contributed by atoms with Crippen molar-refractivity contribution in [1.82, 2.24) is 4.98 Å². The molecule has 1 aromatic heterocycles.